The first kappa shape index (κ1) is 29.4. The van der Waals surface area contributed by atoms with Crippen molar-refractivity contribution in [1.29, 1.82) is 0 Å². The summed E-state index contributed by atoms with van der Waals surface area (Å²) in [5.41, 5.74) is 14.7. The van der Waals surface area contributed by atoms with Crippen molar-refractivity contribution in [2.24, 2.45) is 0 Å². The van der Waals surface area contributed by atoms with Gasteiger partial charge in [0.25, 0.3) is 0 Å². The molecule has 0 aliphatic heterocycles. The van der Waals surface area contributed by atoms with Crippen LogP contribution in [0.2, 0.25) is 0 Å². The first-order chi connectivity index (χ1) is 27.1. The molecule has 8 aromatic carbocycles. The Balaban J connectivity index is 1.25. The molecule has 1 aliphatic rings. The first-order valence-corrected chi connectivity index (χ1v) is 19.1. The maximum atomic E-state index is 5.76. The summed E-state index contributed by atoms with van der Waals surface area (Å²) in [6.07, 6.45) is 0. The fraction of sp³-hybridized carbons (Fsp3) is 0.0588. The second kappa shape index (κ2) is 10.1. The molecule has 0 spiro atoms. The van der Waals surface area contributed by atoms with Gasteiger partial charge in [0.15, 0.2) is 5.82 Å². The van der Waals surface area contributed by atoms with Gasteiger partial charge in [0.2, 0.25) is 0 Å². The molecule has 0 saturated heterocycles. The maximum Gasteiger partial charge on any atom is 0.165 e. The smallest absolute Gasteiger partial charge is 0.165 e. The first-order valence-electron chi connectivity index (χ1n) is 19.1. The van der Waals surface area contributed by atoms with Crippen LogP contribution in [-0.2, 0) is 5.41 Å². The van der Waals surface area contributed by atoms with E-state index >= 15 is 0 Å². The molecular formula is C51H32N4. The van der Waals surface area contributed by atoms with Crippen LogP contribution < -0.4 is 0 Å². The summed E-state index contributed by atoms with van der Waals surface area (Å²) in [6.45, 7) is 4.68. The average molecular weight is 701 g/mol. The number of benzene rings is 8. The van der Waals surface area contributed by atoms with E-state index in [0.29, 0.717) is 0 Å². The quantitative estimate of drug-likeness (QED) is 0.168. The van der Waals surface area contributed by atoms with E-state index in [1.165, 1.54) is 71.1 Å². The fourth-order valence-corrected chi connectivity index (χ4v) is 10.3. The highest BCUT2D eigenvalue weighted by Gasteiger charge is 2.37. The van der Waals surface area contributed by atoms with Gasteiger partial charge in [-0.1, -0.05) is 141 Å². The van der Waals surface area contributed by atoms with E-state index in [1.54, 1.807) is 0 Å². The molecule has 4 heterocycles. The minimum absolute atomic E-state index is 0.144. The Hall–Kier alpha value is -7.04. The number of hydrogen-bond donors (Lipinski definition) is 0. The maximum absolute atomic E-state index is 5.76. The Kier molecular flexibility index (Phi) is 5.42. The highest BCUT2D eigenvalue weighted by atomic mass is 15.1. The second-order valence-corrected chi connectivity index (χ2v) is 15.7. The average Bonchev–Trinajstić information content (AvgIpc) is 3.80. The van der Waals surface area contributed by atoms with Crippen LogP contribution in [0.5, 0.6) is 0 Å². The van der Waals surface area contributed by atoms with E-state index in [4.69, 9.17) is 9.97 Å². The summed E-state index contributed by atoms with van der Waals surface area (Å²) in [6, 6.07) is 57.6. The Morgan fingerprint density at radius 3 is 1.98 bits per heavy atom. The van der Waals surface area contributed by atoms with Crippen molar-refractivity contribution in [1.82, 2.24) is 18.9 Å². The minimum atomic E-state index is -0.144. The molecule has 0 fully saturated rings. The van der Waals surface area contributed by atoms with Crippen molar-refractivity contribution in [3.63, 3.8) is 0 Å². The Morgan fingerprint density at radius 2 is 1.07 bits per heavy atom. The van der Waals surface area contributed by atoms with Gasteiger partial charge in [0, 0.05) is 43.3 Å². The zero-order valence-corrected chi connectivity index (χ0v) is 30.3. The van der Waals surface area contributed by atoms with Gasteiger partial charge >= 0.3 is 0 Å². The SMILES string of the molecule is CC1(C)c2ccccc2-c2c(-c3nc4ccc5ccccc5c4nc3-n3c4cccc5c6cccc7c8ccccc8n(c8cccc3c8c54)c67)cccc21. The normalized spacial score (nSPS) is 13.8. The predicted molar refractivity (Wildman–Crippen MR) is 229 cm³/mol. The molecule has 12 aromatic rings. The summed E-state index contributed by atoms with van der Waals surface area (Å²) in [7, 11) is 0. The lowest BCUT2D eigenvalue weighted by Gasteiger charge is -2.22. The highest BCUT2D eigenvalue weighted by molar-refractivity contribution is 6.31. The lowest BCUT2D eigenvalue weighted by molar-refractivity contribution is 0.660. The number of rotatable bonds is 2. The molecule has 0 radical (unpaired) electrons. The van der Waals surface area contributed by atoms with Gasteiger partial charge in [0.05, 0.1) is 38.6 Å². The van der Waals surface area contributed by atoms with Crippen molar-refractivity contribution < 1.29 is 0 Å². The van der Waals surface area contributed by atoms with E-state index in [1.807, 2.05) is 0 Å². The van der Waals surface area contributed by atoms with E-state index < -0.39 is 0 Å². The molecule has 55 heavy (non-hydrogen) atoms. The predicted octanol–water partition coefficient (Wildman–Crippen LogP) is 13.0. The van der Waals surface area contributed by atoms with E-state index in [0.717, 1.165) is 49.9 Å². The molecule has 0 bridgehead atoms. The Bertz CT molecular complexity index is 3640. The largest absolute Gasteiger partial charge is 0.308 e. The lowest BCUT2D eigenvalue weighted by Crippen LogP contribution is -2.14. The molecule has 0 saturated carbocycles. The summed E-state index contributed by atoms with van der Waals surface area (Å²) in [5, 5.41) is 9.73. The number of aromatic nitrogens is 4. The lowest BCUT2D eigenvalue weighted by atomic mass is 9.82. The summed E-state index contributed by atoms with van der Waals surface area (Å²) >= 11 is 0. The number of hydrogen-bond acceptors (Lipinski definition) is 2. The number of fused-ring (bicyclic) bond motifs is 11. The van der Waals surface area contributed by atoms with Crippen LogP contribution in [0.1, 0.15) is 25.0 Å². The molecule has 4 heteroatoms. The minimum Gasteiger partial charge on any atom is -0.308 e. The zero-order chi connectivity index (χ0) is 36.2. The van der Waals surface area contributed by atoms with Gasteiger partial charge in [-0.05, 0) is 63.4 Å². The zero-order valence-electron chi connectivity index (χ0n) is 30.3. The van der Waals surface area contributed by atoms with Crippen LogP contribution in [-0.4, -0.2) is 18.9 Å². The molecule has 1 aliphatic carbocycles. The summed E-state index contributed by atoms with van der Waals surface area (Å²) in [4.78, 5) is 11.4. The number of nitrogens with zero attached hydrogens (tertiary/aromatic N) is 4. The van der Waals surface area contributed by atoms with Crippen LogP contribution in [0.25, 0.3) is 110 Å². The molecule has 0 amide bonds. The summed E-state index contributed by atoms with van der Waals surface area (Å²) < 4.78 is 4.90. The van der Waals surface area contributed by atoms with E-state index in [2.05, 4.69) is 181 Å². The van der Waals surface area contributed by atoms with Gasteiger partial charge in [-0.15, -0.1) is 0 Å². The molecule has 4 aromatic heterocycles. The van der Waals surface area contributed by atoms with Crippen molar-refractivity contribution in [3.05, 3.63) is 169 Å². The monoisotopic (exact) mass is 700 g/mol. The second-order valence-electron chi connectivity index (χ2n) is 15.7. The van der Waals surface area contributed by atoms with Gasteiger partial charge in [0.1, 0.15) is 5.69 Å². The Labute approximate surface area is 315 Å². The van der Waals surface area contributed by atoms with Crippen molar-refractivity contribution in [3.8, 4) is 28.2 Å². The highest BCUT2D eigenvalue weighted by Crippen LogP contribution is 2.53. The standard InChI is InChI=1S/C51H32N4/c1-51(2)37-21-7-5-16-35(37)44-36(20-10-22-38(44)51)48-50(53-47-30-14-4-3-13-29(30)27-28-39(47)52-48)55-41-24-11-17-32-34-19-9-18-33-31-15-6-8-23-40(31)54(49(33)34)42-25-12-26-43(55)46(42)45(32)41/h3-28H,1-2H3. The molecule has 0 N–H and O–H groups in total. The molecule has 13 rings (SSSR count). The summed E-state index contributed by atoms with van der Waals surface area (Å²) in [5.74, 6) is 0.838. The van der Waals surface area contributed by atoms with E-state index in [-0.39, 0.29) is 5.41 Å². The van der Waals surface area contributed by atoms with Crippen LogP contribution >= 0.6 is 0 Å². The van der Waals surface area contributed by atoms with E-state index in [9.17, 15) is 0 Å². The van der Waals surface area contributed by atoms with Gasteiger partial charge < -0.3 is 4.40 Å². The van der Waals surface area contributed by atoms with Crippen LogP contribution in [0, 0.1) is 0 Å². The van der Waals surface area contributed by atoms with Crippen LogP contribution in [0.3, 0.4) is 0 Å². The molecule has 256 valence electrons. The number of para-hydroxylation sites is 2. The third-order valence-electron chi connectivity index (χ3n) is 12.6. The molecule has 0 atom stereocenters. The van der Waals surface area contributed by atoms with Crippen LogP contribution in [0.15, 0.2) is 158 Å². The van der Waals surface area contributed by atoms with Crippen molar-refractivity contribution in [2.45, 2.75) is 19.3 Å². The van der Waals surface area contributed by atoms with Gasteiger partial charge in [-0.25, -0.2) is 9.97 Å². The third kappa shape index (κ3) is 3.57. The van der Waals surface area contributed by atoms with Gasteiger partial charge in [-0.2, -0.15) is 0 Å². The van der Waals surface area contributed by atoms with Crippen molar-refractivity contribution >= 4 is 81.7 Å². The fourth-order valence-electron chi connectivity index (χ4n) is 10.3. The topological polar surface area (TPSA) is 35.1 Å². The van der Waals surface area contributed by atoms with Crippen molar-refractivity contribution in [2.75, 3.05) is 0 Å². The molecular weight excluding hydrogens is 669 g/mol. The third-order valence-corrected chi connectivity index (χ3v) is 12.6. The molecule has 4 nitrogen and oxygen atoms in total. The Morgan fingerprint density at radius 1 is 0.455 bits per heavy atom. The molecule has 0 unspecified atom stereocenters. The van der Waals surface area contributed by atoms with Crippen LogP contribution in [0.4, 0.5) is 0 Å². The van der Waals surface area contributed by atoms with Gasteiger partial charge in [-0.3, -0.25) is 4.57 Å².